The van der Waals surface area contributed by atoms with Crippen molar-refractivity contribution in [3.63, 3.8) is 0 Å². The second-order valence-electron chi connectivity index (χ2n) is 8.20. The molecule has 0 unspecified atom stereocenters. The Hall–Kier alpha value is -2.41. The molecule has 31 heavy (non-hydrogen) atoms. The summed E-state index contributed by atoms with van der Waals surface area (Å²) in [5.74, 6) is -0.217. The van der Waals surface area contributed by atoms with Gasteiger partial charge in [-0.15, -0.1) is 0 Å². The van der Waals surface area contributed by atoms with Gasteiger partial charge in [0.2, 0.25) is 0 Å². The fraction of sp³-hybridized carbons (Fsp3) is 0.625. The average Bonchev–Trinajstić information content (AvgIpc) is 2.93. The van der Waals surface area contributed by atoms with Gasteiger partial charge in [-0.1, -0.05) is 24.2 Å². The average molecular weight is 432 g/mol. The normalized spacial score (nSPS) is 17.3. The molecule has 7 heteroatoms. The second-order valence-corrected chi connectivity index (χ2v) is 8.20. The van der Waals surface area contributed by atoms with E-state index < -0.39 is 0 Å². The maximum absolute atomic E-state index is 11.2. The Morgan fingerprint density at radius 2 is 2.06 bits per heavy atom. The second kappa shape index (κ2) is 12.4. The highest BCUT2D eigenvalue weighted by atomic mass is 16.6. The third kappa shape index (κ3) is 7.65. The smallest absolute Gasteiger partial charge is 0.309 e. The minimum atomic E-state index is -0.265. The number of carbonyl (C=O) groups excluding carboxylic acids is 1. The molecule has 2 rings (SSSR count). The molecule has 1 aliphatic rings. The summed E-state index contributed by atoms with van der Waals surface area (Å²) in [5.41, 5.74) is 4.73. The molecule has 0 aromatic carbocycles. The van der Waals surface area contributed by atoms with Gasteiger partial charge in [0.15, 0.2) is 0 Å². The number of pyridine rings is 1. The largest absolute Gasteiger partial charge is 0.469 e. The van der Waals surface area contributed by atoms with E-state index in [2.05, 4.69) is 34.7 Å². The number of methoxy groups -OCH3 is 2. The maximum Gasteiger partial charge on any atom is 0.309 e. The van der Waals surface area contributed by atoms with Crippen molar-refractivity contribution in [3.05, 3.63) is 35.2 Å². The molecule has 1 aromatic heterocycles. The van der Waals surface area contributed by atoms with E-state index in [0.29, 0.717) is 0 Å². The van der Waals surface area contributed by atoms with Crippen molar-refractivity contribution in [2.45, 2.75) is 65.6 Å². The first-order chi connectivity index (χ1) is 14.8. The Labute approximate surface area is 186 Å². The Balaban J connectivity index is 1.93. The van der Waals surface area contributed by atoms with Crippen LogP contribution in [0.2, 0.25) is 0 Å². The summed E-state index contributed by atoms with van der Waals surface area (Å²) in [5, 5.41) is 4.18. The van der Waals surface area contributed by atoms with Crippen LogP contribution in [-0.2, 0) is 25.5 Å². The van der Waals surface area contributed by atoms with Crippen LogP contribution >= 0.6 is 0 Å². The van der Waals surface area contributed by atoms with Crippen LogP contribution in [-0.4, -0.2) is 56.7 Å². The molecular weight excluding hydrogens is 394 g/mol. The number of ether oxygens (including phenoxy) is 2. The Morgan fingerprint density at radius 1 is 1.29 bits per heavy atom. The molecule has 2 heterocycles. The molecule has 0 N–H and O–H groups in total. The summed E-state index contributed by atoms with van der Waals surface area (Å²) in [4.78, 5) is 24.1. The maximum atomic E-state index is 11.2. The first kappa shape index (κ1) is 24.9. The van der Waals surface area contributed by atoms with Gasteiger partial charge in [-0.05, 0) is 51.7 Å². The molecule has 0 radical (unpaired) electrons. The number of aromatic nitrogens is 1. The zero-order chi connectivity index (χ0) is 22.8. The van der Waals surface area contributed by atoms with Gasteiger partial charge < -0.3 is 19.2 Å². The molecule has 0 aliphatic carbocycles. The number of rotatable bonds is 10. The molecule has 7 nitrogen and oxygen atoms in total. The lowest BCUT2D eigenvalue weighted by molar-refractivity contribution is -0.139. The van der Waals surface area contributed by atoms with Crippen molar-refractivity contribution in [3.8, 4) is 0 Å². The highest BCUT2D eigenvalue weighted by Crippen LogP contribution is 2.27. The quantitative estimate of drug-likeness (QED) is 0.241. The minimum Gasteiger partial charge on any atom is -0.469 e. The summed E-state index contributed by atoms with van der Waals surface area (Å²) in [6.45, 7) is 9.96. The molecule has 0 amide bonds. The van der Waals surface area contributed by atoms with Gasteiger partial charge in [0.25, 0.3) is 0 Å². The van der Waals surface area contributed by atoms with E-state index in [4.69, 9.17) is 14.6 Å². The van der Waals surface area contributed by atoms with Crippen LogP contribution in [0.1, 0.15) is 50.1 Å². The van der Waals surface area contributed by atoms with Crippen LogP contribution in [0, 0.1) is 19.8 Å². The van der Waals surface area contributed by atoms with E-state index in [1.165, 1.54) is 24.1 Å². The first-order valence-electron chi connectivity index (χ1n) is 11.0. The van der Waals surface area contributed by atoms with Crippen LogP contribution in [0.5, 0.6) is 0 Å². The Bertz CT molecular complexity index is 778. The van der Waals surface area contributed by atoms with Gasteiger partial charge in [-0.25, -0.2) is 0 Å². The molecule has 0 bridgehead atoms. The predicted octanol–water partition coefficient (Wildman–Crippen LogP) is 4.00. The molecule has 0 fully saturated rings. The SMILES string of the molecule is COC(=O)C/C=C/[C@@H](C)[C@@H](/C=N/O[C@@H](C)CN1CCCCc2nc(C)c(C)cc21)OC. The van der Waals surface area contributed by atoms with Crippen LogP contribution in [0.25, 0.3) is 0 Å². The van der Waals surface area contributed by atoms with E-state index in [-0.39, 0.29) is 30.5 Å². The highest BCUT2D eigenvalue weighted by molar-refractivity contribution is 5.71. The number of anilines is 1. The van der Waals surface area contributed by atoms with Gasteiger partial charge in [0.1, 0.15) is 12.2 Å². The van der Waals surface area contributed by atoms with Crippen LogP contribution in [0.3, 0.4) is 0 Å². The highest BCUT2D eigenvalue weighted by Gasteiger charge is 2.20. The lowest BCUT2D eigenvalue weighted by atomic mass is 10.0. The monoisotopic (exact) mass is 431 g/mol. The molecule has 0 saturated carbocycles. The summed E-state index contributed by atoms with van der Waals surface area (Å²) >= 11 is 0. The number of hydrogen-bond acceptors (Lipinski definition) is 7. The van der Waals surface area contributed by atoms with Crippen molar-refractivity contribution in [2.75, 3.05) is 32.2 Å². The van der Waals surface area contributed by atoms with E-state index in [0.717, 1.165) is 38.0 Å². The lowest BCUT2D eigenvalue weighted by Gasteiger charge is -2.27. The molecule has 3 atom stereocenters. The Kier molecular flexibility index (Phi) is 9.98. The number of oxime groups is 1. The number of esters is 1. The predicted molar refractivity (Wildman–Crippen MR) is 124 cm³/mol. The van der Waals surface area contributed by atoms with Crippen molar-refractivity contribution < 1.29 is 19.1 Å². The fourth-order valence-electron chi connectivity index (χ4n) is 3.63. The first-order valence-corrected chi connectivity index (χ1v) is 11.0. The van der Waals surface area contributed by atoms with Crippen molar-refractivity contribution >= 4 is 17.9 Å². The van der Waals surface area contributed by atoms with Gasteiger partial charge >= 0.3 is 5.97 Å². The molecule has 172 valence electrons. The van der Waals surface area contributed by atoms with Crippen LogP contribution in [0.15, 0.2) is 23.4 Å². The standard InChI is InChI=1S/C24H37N3O4/c1-17(10-9-12-24(28)30-6)23(29-5)15-25-31-19(3)16-27-13-8-7-11-21-22(27)14-18(2)20(4)26-21/h9-10,14-15,17,19,23H,7-8,11-13,16H2,1-6H3/b10-9+,25-15+/t17-,19+,23-/m1/s1. The molecule has 0 spiro atoms. The van der Waals surface area contributed by atoms with Gasteiger partial charge in [-0.3, -0.25) is 9.78 Å². The number of carbonyl (C=O) groups is 1. The lowest BCUT2D eigenvalue weighted by Crippen LogP contribution is -2.33. The van der Waals surface area contributed by atoms with E-state index >= 15 is 0 Å². The fourth-order valence-corrected chi connectivity index (χ4v) is 3.63. The zero-order valence-electron chi connectivity index (χ0n) is 19.8. The van der Waals surface area contributed by atoms with Gasteiger partial charge in [0, 0.05) is 25.3 Å². The topological polar surface area (TPSA) is 73.3 Å². The van der Waals surface area contributed by atoms with Gasteiger partial charge in [0.05, 0.1) is 37.7 Å². The summed E-state index contributed by atoms with van der Waals surface area (Å²) in [6, 6.07) is 2.25. The zero-order valence-corrected chi connectivity index (χ0v) is 19.8. The molecule has 1 aliphatic heterocycles. The van der Waals surface area contributed by atoms with Crippen molar-refractivity contribution in [1.82, 2.24) is 4.98 Å². The van der Waals surface area contributed by atoms with Crippen LogP contribution in [0.4, 0.5) is 5.69 Å². The number of hydrogen-bond donors (Lipinski definition) is 0. The summed E-state index contributed by atoms with van der Waals surface area (Å²) < 4.78 is 10.1. The minimum absolute atomic E-state index is 0.0482. The number of nitrogens with zero attached hydrogens (tertiary/aromatic N) is 3. The van der Waals surface area contributed by atoms with E-state index in [1.54, 1.807) is 19.4 Å². The molecule has 1 aromatic rings. The molecular formula is C24H37N3O4. The third-order valence-electron chi connectivity index (χ3n) is 5.62. The van der Waals surface area contributed by atoms with Crippen molar-refractivity contribution in [2.24, 2.45) is 11.1 Å². The third-order valence-corrected chi connectivity index (χ3v) is 5.62. The van der Waals surface area contributed by atoms with Crippen LogP contribution < -0.4 is 4.90 Å². The Morgan fingerprint density at radius 3 is 2.77 bits per heavy atom. The van der Waals surface area contributed by atoms with Crippen molar-refractivity contribution in [1.29, 1.82) is 0 Å². The van der Waals surface area contributed by atoms with Gasteiger partial charge in [-0.2, -0.15) is 0 Å². The number of aryl methyl sites for hydroxylation is 3. The molecule has 0 saturated heterocycles. The van der Waals surface area contributed by atoms with E-state index in [9.17, 15) is 4.79 Å². The summed E-state index contributed by atoms with van der Waals surface area (Å²) in [6.07, 6.45) is 8.63. The number of fused-ring (bicyclic) bond motifs is 1. The summed E-state index contributed by atoms with van der Waals surface area (Å²) in [7, 11) is 3.02. The van der Waals surface area contributed by atoms with E-state index in [1.807, 2.05) is 19.9 Å².